The molecule has 3 heteroatoms. The van der Waals surface area contributed by atoms with Crippen LogP contribution < -0.4 is 5.32 Å². The van der Waals surface area contributed by atoms with Gasteiger partial charge in [0.25, 0.3) is 0 Å². The topological polar surface area (TPSA) is 35.8 Å². The van der Waals surface area contributed by atoms with E-state index in [1.165, 1.54) is 31.4 Å². The van der Waals surface area contributed by atoms with Gasteiger partial charge in [-0.05, 0) is 37.0 Å². The predicted octanol–water partition coefficient (Wildman–Crippen LogP) is 4.08. The highest BCUT2D eigenvalue weighted by Crippen LogP contribution is 2.29. The highest BCUT2D eigenvalue weighted by Gasteiger charge is 2.21. The number of hydrogen-bond donors (Lipinski definition) is 1. The Labute approximate surface area is 108 Å². The molecule has 2 rings (SSSR count). The van der Waals surface area contributed by atoms with Crippen molar-refractivity contribution >= 4 is 5.69 Å². The summed E-state index contributed by atoms with van der Waals surface area (Å²) in [5, 5.41) is 12.4. The summed E-state index contributed by atoms with van der Waals surface area (Å²) in [5.41, 5.74) is 1.16. The Hall–Kier alpha value is -1.56. The fourth-order valence-corrected chi connectivity index (χ4v) is 2.75. The van der Waals surface area contributed by atoms with Crippen LogP contribution in [0.4, 0.5) is 10.1 Å². The first-order valence-electron chi connectivity index (χ1n) is 6.69. The number of rotatable bonds is 3. The maximum Gasteiger partial charge on any atom is 0.124 e. The number of nitrogens with one attached hydrogen (secondary N) is 1. The Morgan fingerprint density at radius 3 is 3.00 bits per heavy atom. The minimum absolute atomic E-state index is 0.354. The normalized spacial score (nSPS) is 23.4. The maximum atomic E-state index is 13.1. The molecule has 1 aromatic rings. The first-order valence-corrected chi connectivity index (χ1v) is 6.69. The third-order valence-corrected chi connectivity index (χ3v) is 3.82. The lowest BCUT2D eigenvalue weighted by atomic mass is 9.84. The second kappa shape index (κ2) is 5.86. The maximum absolute atomic E-state index is 13.1. The van der Waals surface area contributed by atoms with Crippen molar-refractivity contribution in [3.63, 3.8) is 0 Å². The third-order valence-electron chi connectivity index (χ3n) is 3.82. The highest BCUT2D eigenvalue weighted by molar-refractivity contribution is 5.57. The van der Waals surface area contributed by atoms with Gasteiger partial charge in [-0.1, -0.05) is 26.2 Å². The lowest BCUT2D eigenvalue weighted by Gasteiger charge is -2.30. The van der Waals surface area contributed by atoms with Crippen LogP contribution in [0.2, 0.25) is 0 Å². The van der Waals surface area contributed by atoms with Crippen molar-refractivity contribution in [2.24, 2.45) is 5.92 Å². The predicted molar refractivity (Wildman–Crippen MR) is 70.8 cm³/mol. The summed E-state index contributed by atoms with van der Waals surface area (Å²) in [6, 6.07) is 6.84. The van der Waals surface area contributed by atoms with Crippen LogP contribution in [0.1, 0.15) is 44.6 Å². The minimum atomic E-state index is -0.354. The number of hydrogen-bond acceptors (Lipinski definition) is 2. The molecule has 0 heterocycles. The van der Waals surface area contributed by atoms with Crippen LogP contribution in [0.15, 0.2) is 18.2 Å². The van der Waals surface area contributed by atoms with E-state index in [0.717, 1.165) is 24.4 Å². The fourth-order valence-electron chi connectivity index (χ4n) is 2.75. The third kappa shape index (κ3) is 3.01. The highest BCUT2D eigenvalue weighted by atomic mass is 19.1. The van der Waals surface area contributed by atoms with Gasteiger partial charge in [-0.3, -0.25) is 0 Å². The molecule has 0 radical (unpaired) electrons. The number of nitriles is 1. The van der Waals surface area contributed by atoms with Crippen molar-refractivity contribution < 1.29 is 4.39 Å². The van der Waals surface area contributed by atoms with Crippen LogP contribution in [0.25, 0.3) is 0 Å². The van der Waals surface area contributed by atoms with Gasteiger partial charge in [-0.2, -0.15) is 5.26 Å². The summed E-state index contributed by atoms with van der Waals surface area (Å²) in [6.45, 7) is 2.23. The van der Waals surface area contributed by atoms with E-state index in [4.69, 9.17) is 5.26 Å². The minimum Gasteiger partial charge on any atom is -0.381 e. The Morgan fingerprint density at radius 2 is 2.28 bits per heavy atom. The van der Waals surface area contributed by atoms with Crippen LogP contribution in [-0.4, -0.2) is 6.04 Å². The van der Waals surface area contributed by atoms with Crippen LogP contribution in [0, 0.1) is 23.1 Å². The van der Waals surface area contributed by atoms with Crippen molar-refractivity contribution in [3.05, 3.63) is 29.6 Å². The van der Waals surface area contributed by atoms with Gasteiger partial charge in [0.2, 0.25) is 0 Å². The molecule has 0 saturated heterocycles. The van der Waals surface area contributed by atoms with Crippen LogP contribution >= 0.6 is 0 Å². The van der Waals surface area contributed by atoms with Gasteiger partial charge in [-0.15, -0.1) is 0 Å². The summed E-state index contributed by atoms with van der Waals surface area (Å²) < 4.78 is 13.1. The smallest absolute Gasteiger partial charge is 0.124 e. The molecule has 1 aliphatic rings. The second-order valence-corrected chi connectivity index (χ2v) is 5.08. The van der Waals surface area contributed by atoms with Crippen molar-refractivity contribution in [3.8, 4) is 6.07 Å². The molecule has 2 atom stereocenters. The Balaban J connectivity index is 2.07. The summed E-state index contributed by atoms with van der Waals surface area (Å²) in [6.07, 6.45) is 6.05. The zero-order valence-corrected chi connectivity index (χ0v) is 10.7. The number of halogens is 1. The summed E-state index contributed by atoms with van der Waals surface area (Å²) in [4.78, 5) is 0. The van der Waals surface area contributed by atoms with Gasteiger partial charge in [0.1, 0.15) is 11.9 Å². The van der Waals surface area contributed by atoms with Gasteiger partial charge in [0.05, 0.1) is 11.3 Å². The lowest BCUT2D eigenvalue weighted by Crippen LogP contribution is -2.27. The molecule has 2 unspecified atom stereocenters. The fraction of sp³-hybridized carbons (Fsp3) is 0.533. The molecular formula is C15H19FN2. The van der Waals surface area contributed by atoms with Gasteiger partial charge in [-0.25, -0.2) is 4.39 Å². The number of nitrogens with zero attached hydrogens (tertiary/aromatic N) is 1. The van der Waals surface area contributed by atoms with Gasteiger partial charge in [0.15, 0.2) is 0 Å². The standard InChI is InChI=1S/C15H19FN2/c1-2-11-4-3-5-14(8-11)18-15-7-6-13(16)9-12(15)10-17/h6-7,9,11,14,18H,2-5,8H2,1H3. The molecule has 1 aromatic carbocycles. The van der Waals surface area contributed by atoms with E-state index in [-0.39, 0.29) is 5.82 Å². The lowest BCUT2D eigenvalue weighted by molar-refractivity contribution is 0.327. The van der Waals surface area contributed by atoms with Crippen LogP contribution in [0.3, 0.4) is 0 Å². The monoisotopic (exact) mass is 246 g/mol. The molecule has 1 saturated carbocycles. The second-order valence-electron chi connectivity index (χ2n) is 5.08. The van der Waals surface area contributed by atoms with E-state index < -0.39 is 0 Å². The quantitative estimate of drug-likeness (QED) is 0.872. The van der Waals surface area contributed by atoms with Crippen molar-refractivity contribution in [1.82, 2.24) is 0 Å². The van der Waals surface area contributed by atoms with Gasteiger partial charge in [0, 0.05) is 6.04 Å². The van der Waals surface area contributed by atoms with Crippen LogP contribution in [-0.2, 0) is 0 Å². The molecule has 0 spiro atoms. The molecule has 0 amide bonds. The molecule has 1 N–H and O–H groups in total. The molecule has 0 aromatic heterocycles. The zero-order chi connectivity index (χ0) is 13.0. The molecular weight excluding hydrogens is 227 g/mol. The average molecular weight is 246 g/mol. The van der Waals surface area contributed by atoms with Gasteiger partial charge >= 0.3 is 0 Å². The Kier molecular flexibility index (Phi) is 4.19. The van der Waals surface area contributed by atoms with Crippen molar-refractivity contribution in [2.75, 3.05) is 5.32 Å². The zero-order valence-electron chi connectivity index (χ0n) is 10.7. The van der Waals surface area contributed by atoms with Gasteiger partial charge < -0.3 is 5.32 Å². The average Bonchev–Trinajstić information content (AvgIpc) is 2.41. The Morgan fingerprint density at radius 1 is 1.44 bits per heavy atom. The van der Waals surface area contributed by atoms with E-state index in [1.807, 2.05) is 6.07 Å². The van der Waals surface area contributed by atoms with Crippen LogP contribution in [0.5, 0.6) is 0 Å². The molecule has 2 nitrogen and oxygen atoms in total. The molecule has 96 valence electrons. The van der Waals surface area contributed by atoms with E-state index >= 15 is 0 Å². The molecule has 1 aliphatic carbocycles. The van der Waals surface area contributed by atoms with E-state index in [1.54, 1.807) is 6.07 Å². The molecule has 0 aliphatic heterocycles. The SMILES string of the molecule is CCC1CCCC(Nc2ccc(F)cc2C#N)C1. The largest absolute Gasteiger partial charge is 0.381 e. The first-order chi connectivity index (χ1) is 8.72. The van der Waals surface area contributed by atoms with Crippen molar-refractivity contribution in [1.29, 1.82) is 5.26 Å². The molecule has 18 heavy (non-hydrogen) atoms. The Bertz CT molecular complexity index is 450. The number of anilines is 1. The molecule has 0 bridgehead atoms. The van der Waals surface area contributed by atoms with E-state index in [2.05, 4.69) is 12.2 Å². The first kappa shape index (κ1) is 12.9. The van der Waals surface area contributed by atoms with Crippen molar-refractivity contribution in [2.45, 2.75) is 45.1 Å². The van der Waals surface area contributed by atoms with E-state index in [9.17, 15) is 4.39 Å². The summed E-state index contributed by atoms with van der Waals surface area (Å²) >= 11 is 0. The van der Waals surface area contributed by atoms with E-state index in [0.29, 0.717) is 11.6 Å². The number of benzene rings is 1. The summed E-state index contributed by atoms with van der Waals surface area (Å²) in [7, 11) is 0. The molecule has 1 fully saturated rings. The summed E-state index contributed by atoms with van der Waals surface area (Å²) in [5.74, 6) is 0.425.